The van der Waals surface area contributed by atoms with Crippen LogP contribution in [0.4, 0.5) is 0 Å². The van der Waals surface area contributed by atoms with E-state index in [2.05, 4.69) is 34.6 Å². The minimum Gasteiger partial charge on any atom is -0.341 e. The summed E-state index contributed by atoms with van der Waals surface area (Å²) in [5, 5.41) is 8.92. The van der Waals surface area contributed by atoms with E-state index in [-0.39, 0.29) is 6.04 Å². The molecule has 0 spiro atoms. The van der Waals surface area contributed by atoms with E-state index >= 15 is 0 Å². The zero-order valence-electron chi connectivity index (χ0n) is 16.7. The fourth-order valence-electron chi connectivity index (χ4n) is 4.13. The molecule has 1 atom stereocenters. The summed E-state index contributed by atoms with van der Waals surface area (Å²) >= 11 is 0. The molecule has 1 amide bonds. The highest BCUT2D eigenvalue weighted by molar-refractivity contribution is 5.81. The van der Waals surface area contributed by atoms with E-state index < -0.39 is 0 Å². The van der Waals surface area contributed by atoms with Crippen LogP contribution in [0.25, 0.3) is 0 Å². The number of hydrogen-bond donors (Lipinski definition) is 0. The maximum Gasteiger partial charge on any atom is 0.239 e. The van der Waals surface area contributed by atoms with E-state index in [0.29, 0.717) is 11.5 Å². The van der Waals surface area contributed by atoms with Crippen LogP contribution >= 0.6 is 0 Å². The molecule has 0 N–H and O–H groups in total. The molecule has 2 aliphatic rings. The molecule has 0 aromatic heterocycles. The summed E-state index contributed by atoms with van der Waals surface area (Å²) in [6.45, 7) is 11.1. The van der Waals surface area contributed by atoms with E-state index in [1.54, 1.807) is 0 Å². The molecular formula is C22H32N4O. The van der Waals surface area contributed by atoms with E-state index in [1.807, 2.05) is 24.3 Å². The average molecular weight is 369 g/mol. The lowest BCUT2D eigenvalue weighted by atomic mass is 9.98. The molecule has 2 heterocycles. The van der Waals surface area contributed by atoms with Gasteiger partial charge in [-0.3, -0.25) is 14.6 Å². The molecule has 0 bridgehead atoms. The maximum atomic E-state index is 12.9. The first-order chi connectivity index (χ1) is 13.1. The maximum absolute atomic E-state index is 12.9. The molecule has 2 fully saturated rings. The van der Waals surface area contributed by atoms with Crippen molar-refractivity contribution < 1.29 is 4.79 Å². The number of carbonyl (C=O) groups excluding carboxylic acids is 1. The molecule has 3 rings (SSSR count). The Morgan fingerprint density at radius 2 is 1.81 bits per heavy atom. The van der Waals surface area contributed by atoms with Gasteiger partial charge < -0.3 is 4.90 Å². The molecule has 0 saturated carbocycles. The van der Waals surface area contributed by atoms with Crippen LogP contribution in [0.1, 0.15) is 44.2 Å². The lowest BCUT2D eigenvalue weighted by Crippen LogP contribution is -2.50. The highest BCUT2D eigenvalue weighted by atomic mass is 16.2. The van der Waals surface area contributed by atoms with E-state index in [1.165, 1.54) is 5.56 Å². The minimum atomic E-state index is -0.0201. The van der Waals surface area contributed by atoms with Crippen LogP contribution in [-0.2, 0) is 11.3 Å². The number of likely N-dealkylation sites (tertiary alicyclic amines) is 1. The van der Waals surface area contributed by atoms with Crippen molar-refractivity contribution in [2.24, 2.45) is 5.92 Å². The van der Waals surface area contributed by atoms with Gasteiger partial charge in [0.2, 0.25) is 5.91 Å². The second-order valence-corrected chi connectivity index (χ2v) is 8.16. The number of amides is 1. The summed E-state index contributed by atoms with van der Waals surface area (Å²) in [5.41, 5.74) is 1.95. The van der Waals surface area contributed by atoms with Crippen LogP contribution in [0.3, 0.4) is 0 Å². The topological polar surface area (TPSA) is 50.6 Å². The summed E-state index contributed by atoms with van der Waals surface area (Å²) in [4.78, 5) is 19.8. The van der Waals surface area contributed by atoms with Gasteiger partial charge in [0.25, 0.3) is 0 Å². The number of carbonyl (C=O) groups is 1. The summed E-state index contributed by atoms with van der Waals surface area (Å²) in [6.07, 6.45) is 3.36. The monoisotopic (exact) mass is 368 g/mol. The number of nitrogens with zero attached hydrogens (tertiary/aromatic N) is 4. The largest absolute Gasteiger partial charge is 0.341 e. The molecule has 5 nitrogen and oxygen atoms in total. The van der Waals surface area contributed by atoms with Crippen molar-refractivity contribution in [3.05, 3.63) is 35.4 Å². The number of benzene rings is 1. The van der Waals surface area contributed by atoms with Gasteiger partial charge in [0.05, 0.1) is 17.7 Å². The van der Waals surface area contributed by atoms with Crippen LogP contribution in [0.15, 0.2) is 24.3 Å². The highest BCUT2D eigenvalue weighted by Crippen LogP contribution is 2.19. The number of rotatable bonds is 4. The predicted molar refractivity (Wildman–Crippen MR) is 107 cm³/mol. The van der Waals surface area contributed by atoms with Gasteiger partial charge in [0.1, 0.15) is 0 Å². The summed E-state index contributed by atoms with van der Waals surface area (Å²) in [6, 6.07) is 10.0. The third-order valence-electron chi connectivity index (χ3n) is 6.11. The van der Waals surface area contributed by atoms with Gasteiger partial charge in [-0.05, 0) is 56.3 Å². The Morgan fingerprint density at radius 3 is 2.48 bits per heavy atom. The van der Waals surface area contributed by atoms with Crippen LogP contribution < -0.4 is 0 Å². The summed E-state index contributed by atoms with van der Waals surface area (Å²) < 4.78 is 0. The van der Waals surface area contributed by atoms with Crippen LogP contribution in [0.2, 0.25) is 0 Å². The standard InChI is InChI=1S/C22H32N4O/c1-18-8-12-26(13-9-18)22(27)19(2)25-11-3-10-24(14-15-25)17-21-6-4-20(16-23)5-7-21/h4-7,18-19H,3,8-15,17H2,1-2H3. The van der Waals surface area contributed by atoms with Gasteiger partial charge in [0.15, 0.2) is 0 Å². The fraction of sp³-hybridized carbons (Fsp3) is 0.636. The predicted octanol–water partition coefficient (Wildman–Crippen LogP) is 2.71. The smallest absolute Gasteiger partial charge is 0.239 e. The van der Waals surface area contributed by atoms with Crippen molar-refractivity contribution in [1.29, 1.82) is 5.26 Å². The second kappa shape index (κ2) is 9.34. The Balaban J connectivity index is 1.51. The molecule has 1 unspecified atom stereocenters. The quantitative estimate of drug-likeness (QED) is 0.820. The Hall–Kier alpha value is -1.90. The SMILES string of the molecule is CC1CCN(C(=O)C(C)N2CCCN(Cc3ccc(C#N)cc3)CC2)CC1. The lowest BCUT2D eigenvalue weighted by molar-refractivity contribution is -0.137. The zero-order valence-corrected chi connectivity index (χ0v) is 16.7. The van der Waals surface area contributed by atoms with Gasteiger partial charge in [-0.25, -0.2) is 0 Å². The first kappa shape index (κ1) is 19.9. The minimum absolute atomic E-state index is 0.0201. The van der Waals surface area contributed by atoms with Crippen molar-refractivity contribution in [1.82, 2.24) is 14.7 Å². The number of hydrogen-bond acceptors (Lipinski definition) is 4. The molecule has 0 radical (unpaired) electrons. The Labute approximate surface area is 163 Å². The molecule has 146 valence electrons. The average Bonchev–Trinajstić information content (AvgIpc) is 2.93. The molecule has 0 aliphatic carbocycles. The van der Waals surface area contributed by atoms with Gasteiger partial charge in [-0.2, -0.15) is 5.26 Å². The summed E-state index contributed by atoms with van der Waals surface area (Å²) in [5.74, 6) is 1.06. The van der Waals surface area contributed by atoms with Crippen molar-refractivity contribution >= 4 is 5.91 Å². The normalized spacial score (nSPS) is 21.4. The van der Waals surface area contributed by atoms with Crippen LogP contribution in [0, 0.1) is 17.2 Å². The third kappa shape index (κ3) is 5.31. The van der Waals surface area contributed by atoms with Crippen LogP contribution in [0.5, 0.6) is 0 Å². The second-order valence-electron chi connectivity index (χ2n) is 8.16. The summed E-state index contributed by atoms with van der Waals surface area (Å²) in [7, 11) is 0. The third-order valence-corrected chi connectivity index (χ3v) is 6.11. The molecule has 27 heavy (non-hydrogen) atoms. The molecule has 2 aliphatic heterocycles. The fourth-order valence-corrected chi connectivity index (χ4v) is 4.13. The van der Waals surface area contributed by atoms with Crippen molar-refractivity contribution in [2.45, 2.75) is 45.7 Å². The number of nitriles is 1. The van der Waals surface area contributed by atoms with E-state index in [4.69, 9.17) is 5.26 Å². The van der Waals surface area contributed by atoms with Crippen LogP contribution in [-0.4, -0.2) is 65.9 Å². The van der Waals surface area contributed by atoms with Crippen molar-refractivity contribution in [3.63, 3.8) is 0 Å². The first-order valence-electron chi connectivity index (χ1n) is 10.3. The Morgan fingerprint density at radius 1 is 1.11 bits per heavy atom. The van der Waals surface area contributed by atoms with E-state index in [9.17, 15) is 4.79 Å². The molecule has 5 heteroatoms. The molecular weight excluding hydrogens is 336 g/mol. The van der Waals surface area contributed by atoms with Crippen molar-refractivity contribution in [2.75, 3.05) is 39.3 Å². The van der Waals surface area contributed by atoms with Crippen molar-refractivity contribution in [3.8, 4) is 6.07 Å². The number of piperidine rings is 1. The molecule has 1 aromatic carbocycles. The molecule has 1 aromatic rings. The van der Waals surface area contributed by atoms with Gasteiger partial charge in [-0.1, -0.05) is 19.1 Å². The van der Waals surface area contributed by atoms with E-state index in [0.717, 1.165) is 71.0 Å². The Bertz CT molecular complexity index is 658. The highest BCUT2D eigenvalue weighted by Gasteiger charge is 2.29. The van der Waals surface area contributed by atoms with Gasteiger partial charge >= 0.3 is 0 Å². The first-order valence-corrected chi connectivity index (χ1v) is 10.3. The zero-order chi connectivity index (χ0) is 19.2. The molecule has 2 saturated heterocycles. The van der Waals surface area contributed by atoms with Gasteiger partial charge in [0, 0.05) is 39.3 Å². The van der Waals surface area contributed by atoms with Gasteiger partial charge in [-0.15, -0.1) is 0 Å². The lowest BCUT2D eigenvalue weighted by Gasteiger charge is -2.35. The Kier molecular flexibility index (Phi) is 6.87.